The summed E-state index contributed by atoms with van der Waals surface area (Å²) in [6, 6.07) is 0. The van der Waals surface area contributed by atoms with Gasteiger partial charge in [-0.2, -0.15) is 0 Å². The maximum Gasteiger partial charge on any atom is 0.0481 e. The molecule has 0 aromatic carbocycles. The van der Waals surface area contributed by atoms with Gasteiger partial charge in [-0.1, -0.05) is 6.42 Å². The van der Waals surface area contributed by atoms with Crippen LogP contribution in [0.2, 0.25) is 0 Å². The molecule has 0 aliphatic carbocycles. The van der Waals surface area contributed by atoms with E-state index in [9.17, 15) is 0 Å². The standard InChI is InChI=1S/C9H17N2/c1-2-7-11-9(4-1)5-3-6-10-8-9/h10H,1-8H2. The zero-order valence-corrected chi connectivity index (χ0v) is 7.10. The van der Waals surface area contributed by atoms with Gasteiger partial charge in [0.25, 0.3) is 0 Å². The fourth-order valence-electron chi connectivity index (χ4n) is 2.26. The lowest BCUT2D eigenvalue weighted by Crippen LogP contribution is -2.54. The Morgan fingerprint density at radius 2 is 2.00 bits per heavy atom. The molecule has 2 saturated heterocycles. The molecule has 2 nitrogen and oxygen atoms in total. The minimum Gasteiger partial charge on any atom is -0.315 e. The van der Waals surface area contributed by atoms with Gasteiger partial charge >= 0.3 is 0 Å². The number of nitrogens with zero attached hydrogens (tertiary/aromatic N) is 1. The number of rotatable bonds is 0. The van der Waals surface area contributed by atoms with Crippen LogP contribution in [0.3, 0.4) is 0 Å². The molecule has 2 aliphatic heterocycles. The van der Waals surface area contributed by atoms with Crippen LogP contribution < -0.4 is 10.6 Å². The van der Waals surface area contributed by atoms with Gasteiger partial charge in [-0.05, 0) is 32.2 Å². The maximum atomic E-state index is 4.76. The van der Waals surface area contributed by atoms with Gasteiger partial charge in [0.15, 0.2) is 0 Å². The van der Waals surface area contributed by atoms with E-state index >= 15 is 0 Å². The van der Waals surface area contributed by atoms with Crippen molar-refractivity contribution in [2.75, 3.05) is 19.6 Å². The first-order chi connectivity index (χ1) is 5.41. The largest absolute Gasteiger partial charge is 0.315 e. The summed E-state index contributed by atoms with van der Waals surface area (Å²) in [7, 11) is 0. The first kappa shape index (κ1) is 7.56. The van der Waals surface area contributed by atoms with Crippen molar-refractivity contribution in [2.45, 2.75) is 37.6 Å². The maximum absolute atomic E-state index is 4.76. The van der Waals surface area contributed by atoms with Crippen LogP contribution in [-0.2, 0) is 0 Å². The molecule has 63 valence electrons. The Morgan fingerprint density at radius 1 is 1.09 bits per heavy atom. The van der Waals surface area contributed by atoms with Crippen LogP contribution in [0.1, 0.15) is 32.1 Å². The van der Waals surface area contributed by atoms with Gasteiger partial charge in [0, 0.05) is 18.6 Å². The third-order valence-electron chi connectivity index (χ3n) is 2.95. The normalized spacial score (nSPS) is 39.3. The van der Waals surface area contributed by atoms with Gasteiger partial charge in [-0.3, -0.25) is 0 Å². The van der Waals surface area contributed by atoms with Crippen LogP contribution in [0.5, 0.6) is 0 Å². The van der Waals surface area contributed by atoms with Crippen LogP contribution in [0, 0.1) is 0 Å². The van der Waals surface area contributed by atoms with Crippen LogP contribution in [0.15, 0.2) is 0 Å². The van der Waals surface area contributed by atoms with E-state index in [1.807, 2.05) is 0 Å². The Kier molecular flexibility index (Phi) is 2.14. The molecule has 1 unspecified atom stereocenters. The molecule has 0 aromatic heterocycles. The minimum atomic E-state index is 0.372. The average molecular weight is 153 g/mol. The Hall–Kier alpha value is -0.0800. The lowest BCUT2D eigenvalue weighted by Gasteiger charge is -2.40. The topological polar surface area (TPSA) is 26.1 Å². The highest BCUT2D eigenvalue weighted by Gasteiger charge is 2.33. The van der Waals surface area contributed by atoms with Crippen LogP contribution in [-0.4, -0.2) is 25.2 Å². The second-order valence-electron chi connectivity index (χ2n) is 3.84. The minimum absolute atomic E-state index is 0.372. The van der Waals surface area contributed by atoms with E-state index in [1.165, 1.54) is 38.6 Å². The zero-order valence-electron chi connectivity index (χ0n) is 7.10. The van der Waals surface area contributed by atoms with Crippen molar-refractivity contribution in [3.05, 3.63) is 0 Å². The summed E-state index contributed by atoms with van der Waals surface area (Å²) < 4.78 is 0. The van der Waals surface area contributed by atoms with Crippen LogP contribution in [0.4, 0.5) is 0 Å². The Morgan fingerprint density at radius 3 is 2.64 bits per heavy atom. The summed E-state index contributed by atoms with van der Waals surface area (Å²) in [6.45, 7) is 3.46. The summed E-state index contributed by atoms with van der Waals surface area (Å²) in [5, 5.41) is 8.21. The average Bonchev–Trinajstić information content (AvgIpc) is 2.07. The Balaban J connectivity index is 1.94. The number of hydrogen-bond donors (Lipinski definition) is 1. The van der Waals surface area contributed by atoms with Crippen molar-refractivity contribution in [1.29, 1.82) is 0 Å². The van der Waals surface area contributed by atoms with Crippen LogP contribution >= 0.6 is 0 Å². The molecule has 1 atom stereocenters. The first-order valence-corrected chi connectivity index (χ1v) is 4.81. The number of hydrogen-bond acceptors (Lipinski definition) is 1. The Labute approximate surface area is 68.7 Å². The highest BCUT2D eigenvalue weighted by atomic mass is 15.1. The van der Waals surface area contributed by atoms with Crippen molar-refractivity contribution in [3.8, 4) is 0 Å². The van der Waals surface area contributed by atoms with Gasteiger partial charge < -0.3 is 5.32 Å². The summed E-state index contributed by atoms with van der Waals surface area (Å²) in [4.78, 5) is 0. The van der Waals surface area contributed by atoms with Gasteiger partial charge in [0.2, 0.25) is 0 Å². The highest BCUT2D eigenvalue weighted by molar-refractivity contribution is 4.94. The molecule has 2 rings (SSSR count). The molecular weight excluding hydrogens is 136 g/mol. The molecule has 2 fully saturated rings. The zero-order chi connectivity index (χ0) is 7.57. The molecule has 1 N–H and O–H groups in total. The molecular formula is C9H17N2. The quantitative estimate of drug-likeness (QED) is 0.549. The summed E-state index contributed by atoms with van der Waals surface area (Å²) in [5.41, 5.74) is 0.372. The van der Waals surface area contributed by atoms with Crippen molar-refractivity contribution >= 4 is 0 Å². The van der Waals surface area contributed by atoms with Gasteiger partial charge in [-0.15, -0.1) is 0 Å². The van der Waals surface area contributed by atoms with Gasteiger partial charge in [-0.25, -0.2) is 5.32 Å². The van der Waals surface area contributed by atoms with E-state index in [0.717, 1.165) is 13.1 Å². The van der Waals surface area contributed by atoms with Crippen molar-refractivity contribution in [1.82, 2.24) is 10.6 Å². The van der Waals surface area contributed by atoms with E-state index < -0.39 is 0 Å². The predicted octanol–water partition coefficient (Wildman–Crippen LogP) is 0.897. The molecule has 2 heterocycles. The fraction of sp³-hybridized carbons (Fsp3) is 1.00. The number of nitrogens with one attached hydrogen (secondary N) is 1. The molecule has 0 saturated carbocycles. The molecule has 1 spiro atoms. The molecule has 0 bridgehead atoms. The highest BCUT2D eigenvalue weighted by Crippen LogP contribution is 2.26. The second-order valence-corrected chi connectivity index (χ2v) is 3.84. The fourth-order valence-corrected chi connectivity index (χ4v) is 2.26. The van der Waals surface area contributed by atoms with Crippen molar-refractivity contribution < 1.29 is 0 Å². The summed E-state index contributed by atoms with van der Waals surface area (Å²) in [6.07, 6.45) is 6.70. The molecule has 1 radical (unpaired) electrons. The molecule has 11 heavy (non-hydrogen) atoms. The molecule has 0 aromatic rings. The van der Waals surface area contributed by atoms with Gasteiger partial charge in [0.1, 0.15) is 0 Å². The third kappa shape index (κ3) is 1.57. The Bertz CT molecular complexity index is 102. The smallest absolute Gasteiger partial charge is 0.0481 e. The van der Waals surface area contributed by atoms with Gasteiger partial charge in [0.05, 0.1) is 0 Å². The molecule has 2 heteroatoms. The van der Waals surface area contributed by atoms with E-state index in [-0.39, 0.29) is 0 Å². The lowest BCUT2D eigenvalue weighted by molar-refractivity contribution is 0.194. The van der Waals surface area contributed by atoms with E-state index in [1.54, 1.807) is 0 Å². The van der Waals surface area contributed by atoms with E-state index in [4.69, 9.17) is 5.32 Å². The number of piperidine rings is 2. The summed E-state index contributed by atoms with van der Waals surface area (Å²) in [5.74, 6) is 0. The van der Waals surface area contributed by atoms with E-state index in [0.29, 0.717) is 5.54 Å². The lowest BCUT2D eigenvalue weighted by atomic mass is 9.83. The summed E-state index contributed by atoms with van der Waals surface area (Å²) >= 11 is 0. The predicted molar refractivity (Wildman–Crippen MR) is 45.7 cm³/mol. The molecule has 2 aliphatic rings. The first-order valence-electron chi connectivity index (χ1n) is 4.81. The van der Waals surface area contributed by atoms with Crippen molar-refractivity contribution in [2.24, 2.45) is 0 Å². The second kappa shape index (κ2) is 3.11. The monoisotopic (exact) mass is 153 g/mol. The van der Waals surface area contributed by atoms with E-state index in [2.05, 4.69) is 5.32 Å². The van der Waals surface area contributed by atoms with Crippen LogP contribution in [0.25, 0.3) is 0 Å². The van der Waals surface area contributed by atoms with Crippen molar-refractivity contribution in [3.63, 3.8) is 0 Å². The third-order valence-corrected chi connectivity index (χ3v) is 2.95. The SMILES string of the molecule is C1CCC2(CCCNC2)[N]C1. The molecule has 0 amide bonds.